The molecule has 0 radical (unpaired) electrons. The molecule has 1 aromatic rings. The second kappa shape index (κ2) is 5.40. The molecule has 4 nitrogen and oxygen atoms in total. The SMILES string of the molecule is CCC1CCN(c2nccc(C(N)=S)n2)CC1. The molecule has 0 amide bonds. The van der Waals surface area contributed by atoms with Gasteiger partial charge in [-0.3, -0.25) is 0 Å². The smallest absolute Gasteiger partial charge is 0.225 e. The van der Waals surface area contributed by atoms with Gasteiger partial charge in [-0.15, -0.1) is 0 Å². The highest BCUT2D eigenvalue weighted by Gasteiger charge is 2.19. The Morgan fingerprint density at radius 3 is 2.82 bits per heavy atom. The van der Waals surface area contributed by atoms with Crippen LogP contribution in [-0.4, -0.2) is 28.0 Å². The summed E-state index contributed by atoms with van der Waals surface area (Å²) in [5.41, 5.74) is 6.23. The van der Waals surface area contributed by atoms with Crippen molar-refractivity contribution in [2.24, 2.45) is 11.7 Å². The molecule has 1 aliphatic heterocycles. The minimum atomic E-state index is 0.331. The number of rotatable bonds is 3. The van der Waals surface area contributed by atoms with E-state index in [4.69, 9.17) is 18.0 Å². The van der Waals surface area contributed by atoms with Crippen LogP contribution in [0.25, 0.3) is 0 Å². The first kappa shape index (κ1) is 12.2. The molecule has 2 heterocycles. The molecule has 1 fully saturated rings. The van der Waals surface area contributed by atoms with Crippen LogP contribution in [0.3, 0.4) is 0 Å². The van der Waals surface area contributed by atoms with Crippen molar-refractivity contribution in [1.82, 2.24) is 9.97 Å². The van der Waals surface area contributed by atoms with Crippen molar-refractivity contribution in [2.75, 3.05) is 18.0 Å². The fourth-order valence-corrected chi connectivity index (χ4v) is 2.29. The minimum absolute atomic E-state index is 0.331. The molecule has 0 aliphatic carbocycles. The molecule has 1 saturated heterocycles. The molecule has 92 valence electrons. The van der Waals surface area contributed by atoms with Crippen LogP contribution >= 0.6 is 12.2 Å². The van der Waals surface area contributed by atoms with Crippen molar-refractivity contribution in [2.45, 2.75) is 26.2 Å². The first-order chi connectivity index (χ1) is 8.20. The van der Waals surface area contributed by atoms with Crippen molar-refractivity contribution in [3.8, 4) is 0 Å². The van der Waals surface area contributed by atoms with Crippen molar-refractivity contribution in [3.63, 3.8) is 0 Å². The largest absolute Gasteiger partial charge is 0.388 e. The van der Waals surface area contributed by atoms with Crippen LogP contribution in [0.1, 0.15) is 31.9 Å². The topological polar surface area (TPSA) is 55.0 Å². The Labute approximate surface area is 107 Å². The summed E-state index contributed by atoms with van der Waals surface area (Å²) in [6, 6.07) is 1.75. The van der Waals surface area contributed by atoms with Gasteiger partial charge in [0.15, 0.2) is 0 Å². The molecule has 1 aliphatic rings. The second-order valence-electron chi connectivity index (χ2n) is 4.44. The Bertz CT molecular complexity index is 399. The van der Waals surface area contributed by atoms with Gasteiger partial charge >= 0.3 is 0 Å². The van der Waals surface area contributed by atoms with Crippen LogP contribution in [-0.2, 0) is 0 Å². The van der Waals surface area contributed by atoms with Crippen LogP contribution in [0.15, 0.2) is 12.3 Å². The van der Waals surface area contributed by atoms with Crippen molar-refractivity contribution in [1.29, 1.82) is 0 Å². The lowest BCUT2D eigenvalue weighted by Gasteiger charge is -2.31. The predicted octanol–water partition coefficient (Wildman–Crippen LogP) is 1.74. The molecule has 0 unspecified atom stereocenters. The third kappa shape index (κ3) is 2.91. The minimum Gasteiger partial charge on any atom is -0.388 e. The van der Waals surface area contributed by atoms with E-state index < -0.39 is 0 Å². The first-order valence-corrected chi connectivity index (χ1v) is 6.49. The molecule has 0 aromatic carbocycles. The lowest BCUT2D eigenvalue weighted by molar-refractivity contribution is 0.392. The molecule has 0 bridgehead atoms. The van der Waals surface area contributed by atoms with E-state index in [1.54, 1.807) is 12.3 Å². The molecule has 2 N–H and O–H groups in total. The fraction of sp³-hybridized carbons (Fsp3) is 0.583. The number of anilines is 1. The molecule has 5 heteroatoms. The fourth-order valence-electron chi connectivity index (χ4n) is 2.18. The van der Waals surface area contributed by atoms with Crippen LogP contribution in [0.5, 0.6) is 0 Å². The van der Waals surface area contributed by atoms with E-state index in [1.165, 1.54) is 19.3 Å². The summed E-state index contributed by atoms with van der Waals surface area (Å²) in [6.45, 7) is 4.31. The lowest BCUT2D eigenvalue weighted by atomic mass is 9.95. The average Bonchev–Trinajstić information content (AvgIpc) is 2.39. The highest BCUT2D eigenvalue weighted by Crippen LogP contribution is 2.22. The van der Waals surface area contributed by atoms with E-state index >= 15 is 0 Å². The quantitative estimate of drug-likeness (QED) is 0.828. The first-order valence-electron chi connectivity index (χ1n) is 6.08. The van der Waals surface area contributed by atoms with E-state index in [1.807, 2.05) is 0 Å². The number of hydrogen-bond acceptors (Lipinski definition) is 4. The molecule has 2 rings (SSSR count). The van der Waals surface area contributed by atoms with Gasteiger partial charge in [-0.1, -0.05) is 25.6 Å². The Hall–Kier alpha value is -1.23. The van der Waals surface area contributed by atoms with E-state index in [0.29, 0.717) is 10.7 Å². The van der Waals surface area contributed by atoms with Crippen molar-refractivity contribution in [3.05, 3.63) is 18.0 Å². The van der Waals surface area contributed by atoms with E-state index in [9.17, 15) is 0 Å². The monoisotopic (exact) mass is 250 g/mol. The maximum absolute atomic E-state index is 5.58. The van der Waals surface area contributed by atoms with E-state index in [0.717, 1.165) is 25.0 Å². The summed E-state index contributed by atoms with van der Waals surface area (Å²) in [7, 11) is 0. The Balaban J connectivity index is 2.08. The summed E-state index contributed by atoms with van der Waals surface area (Å²) >= 11 is 4.93. The molecule has 1 aromatic heterocycles. The molecular formula is C12H18N4S. The van der Waals surface area contributed by atoms with Gasteiger partial charge in [0.1, 0.15) is 10.7 Å². The Morgan fingerprint density at radius 1 is 1.53 bits per heavy atom. The van der Waals surface area contributed by atoms with Crippen molar-refractivity contribution >= 4 is 23.2 Å². The Kier molecular flexibility index (Phi) is 3.89. The van der Waals surface area contributed by atoms with Crippen molar-refractivity contribution < 1.29 is 0 Å². The lowest BCUT2D eigenvalue weighted by Crippen LogP contribution is -2.35. The van der Waals surface area contributed by atoms with Gasteiger partial charge in [0.2, 0.25) is 5.95 Å². The van der Waals surface area contributed by atoms with Gasteiger partial charge in [0.05, 0.1) is 0 Å². The van der Waals surface area contributed by atoms with Gasteiger partial charge in [-0.2, -0.15) is 0 Å². The average molecular weight is 250 g/mol. The van der Waals surface area contributed by atoms with Gasteiger partial charge in [0.25, 0.3) is 0 Å². The third-order valence-electron chi connectivity index (χ3n) is 3.37. The summed E-state index contributed by atoms with van der Waals surface area (Å²) in [6.07, 6.45) is 5.43. The van der Waals surface area contributed by atoms with Gasteiger partial charge in [0, 0.05) is 19.3 Å². The van der Waals surface area contributed by atoms with Gasteiger partial charge in [-0.05, 0) is 24.8 Å². The van der Waals surface area contributed by atoms with Crippen LogP contribution in [0.2, 0.25) is 0 Å². The number of nitrogens with two attached hydrogens (primary N) is 1. The van der Waals surface area contributed by atoms with Crippen LogP contribution in [0, 0.1) is 5.92 Å². The summed E-state index contributed by atoms with van der Waals surface area (Å²) in [5.74, 6) is 1.61. The zero-order chi connectivity index (χ0) is 12.3. The van der Waals surface area contributed by atoms with Gasteiger partial charge in [-0.25, -0.2) is 9.97 Å². The number of aromatic nitrogens is 2. The van der Waals surface area contributed by atoms with E-state index in [2.05, 4.69) is 21.8 Å². The highest BCUT2D eigenvalue weighted by molar-refractivity contribution is 7.80. The normalized spacial score (nSPS) is 17.1. The highest BCUT2D eigenvalue weighted by atomic mass is 32.1. The van der Waals surface area contributed by atoms with E-state index in [-0.39, 0.29) is 0 Å². The summed E-state index contributed by atoms with van der Waals surface area (Å²) < 4.78 is 0. The summed E-state index contributed by atoms with van der Waals surface area (Å²) in [4.78, 5) is 11.2. The van der Waals surface area contributed by atoms with Crippen LogP contribution < -0.4 is 10.6 Å². The maximum atomic E-state index is 5.58. The predicted molar refractivity (Wildman–Crippen MR) is 73.1 cm³/mol. The summed E-state index contributed by atoms with van der Waals surface area (Å²) in [5, 5.41) is 0. The molecule has 0 spiro atoms. The van der Waals surface area contributed by atoms with Crippen LogP contribution in [0.4, 0.5) is 5.95 Å². The maximum Gasteiger partial charge on any atom is 0.225 e. The molecular weight excluding hydrogens is 232 g/mol. The standard InChI is InChI=1S/C12H18N4S/c1-2-9-4-7-16(8-5-9)12-14-6-3-10(15-12)11(13)17/h3,6,9H,2,4-5,7-8H2,1H3,(H2,13,17). The Morgan fingerprint density at radius 2 is 2.24 bits per heavy atom. The second-order valence-corrected chi connectivity index (χ2v) is 4.88. The number of nitrogens with zero attached hydrogens (tertiary/aromatic N) is 3. The molecule has 0 atom stereocenters. The third-order valence-corrected chi connectivity index (χ3v) is 3.58. The molecule has 0 saturated carbocycles. The number of thiocarbonyl (C=S) groups is 1. The number of hydrogen-bond donors (Lipinski definition) is 1. The molecule has 17 heavy (non-hydrogen) atoms. The number of piperidine rings is 1. The van der Waals surface area contributed by atoms with Gasteiger partial charge < -0.3 is 10.6 Å². The zero-order valence-corrected chi connectivity index (χ0v) is 10.9. The zero-order valence-electron chi connectivity index (χ0n) is 10.1.